The molecule has 1 aliphatic carbocycles. The molecule has 0 amide bonds. The van der Waals surface area contributed by atoms with Gasteiger partial charge in [0, 0.05) is 19.6 Å². The number of hydrogen-bond donors (Lipinski definition) is 1. The number of rotatable bonds is 10. The van der Waals surface area contributed by atoms with Gasteiger partial charge in [0.05, 0.1) is 0 Å². The van der Waals surface area contributed by atoms with Crippen LogP contribution in [0, 0.1) is 5.92 Å². The highest BCUT2D eigenvalue weighted by Crippen LogP contribution is 2.29. The summed E-state index contributed by atoms with van der Waals surface area (Å²) in [5.41, 5.74) is 1.47. The molecule has 1 fully saturated rings. The summed E-state index contributed by atoms with van der Waals surface area (Å²) in [4.78, 5) is 2.63. The van der Waals surface area contributed by atoms with Crippen molar-refractivity contribution in [2.75, 3.05) is 32.7 Å². The Hall–Kier alpha value is -0.380. The highest BCUT2D eigenvalue weighted by molar-refractivity contribution is 7.07. The SMILES string of the molecule is CCCN(CCNCCc1ccsc1)CC1CC1. The van der Waals surface area contributed by atoms with E-state index in [0.29, 0.717) is 0 Å². The van der Waals surface area contributed by atoms with Crippen LogP contribution in [0.25, 0.3) is 0 Å². The fourth-order valence-electron chi connectivity index (χ4n) is 2.31. The van der Waals surface area contributed by atoms with Crippen LogP contribution in [-0.2, 0) is 6.42 Å². The van der Waals surface area contributed by atoms with Crippen LogP contribution >= 0.6 is 11.3 Å². The van der Waals surface area contributed by atoms with E-state index in [4.69, 9.17) is 0 Å². The van der Waals surface area contributed by atoms with Gasteiger partial charge in [0.1, 0.15) is 0 Å². The maximum absolute atomic E-state index is 3.57. The third kappa shape index (κ3) is 5.51. The smallest absolute Gasteiger partial charge is 0.0107 e. The summed E-state index contributed by atoms with van der Waals surface area (Å²) in [5, 5.41) is 7.98. The Labute approximate surface area is 115 Å². The Bertz CT molecular complexity index is 306. The highest BCUT2D eigenvalue weighted by Gasteiger charge is 2.23. The lowest BCUT2D eigenvalue weighted by Crippen LogP contribution is -2.34. The normalized spacial score (nSPS) is 15.4. The molecule has 1 saturated carbocycles. The lowest BCUT2D eigenvalue weighted by atomic mass is 10.2. The first-order chi connectivity index (χ1) is 8.88. The molecule has 1 aromatic heterocycles. The average molecular weight is 266 g/mol. The van der Waals surface area contributed by atoms with E-state index >= 15 is 0 Å². The van der Waals surface area contributed by atoms with Crippen molar-refractivity contribution in [3.63, 3.8) is 0 Å². The fraction of sp³-hybridized carbons (Fsp3) is 0.733. The Morgan fingerprint density at radius 1 is 1.33 bits per heavy atom. The Morgan fingerprint density at radius 3 is 2.89 bits per heavy atom. The van der Waals surface area contributed by atoms with Crippen molar-refractivity contribution >= 4 is 11.3 Å². The Kier molecular flexibility index (Phi) is 6.18. The van der Waals surface area contributed by atoms with E-state index in [1.165, 1.54) is 50.9 Å². The first-order valence-corrected chi connectivity index (χ1v) is 8.27. The summed E-state index contributed by atoms with van der Waals surface area (Å²) < 4.78 is 0. The molecule has 0 spiro atoms. The van der Waals surface area contributed by atoms with Gasteiger partial charge in [-0.05, 0) is 67.1 Å². The summed E-state index contributed by atoms with van der Waals surface area (Å²) in [5.74, 6) is 1.02. The molecule has 1 aromatic rings. The van der Waals surface area contributed by atoms with Crippen molar-refractivity contribution in [3.05, 3.63) is 22.4 Å². The van der Waals surface area contributed by atoms with Gasteiger partial charge < -0.3 is 10.2 Å². The molecule has 1 N–H and O–H groups in total. The molecule has 0 aromatic carbocycles. The molecule has 0 atom stereocenters. The minimum atomic E-state index is 1.02. The second-order valence-corrected chi connectivity index (χ2v) is 6.16. The largest absolute Gasteiger partial charge is 0.315 e. The Morgan fingerprint density at radius 2 is 2.22 bits per heavy atom. The monoisotopic (exact) mass is 266 g/mol. The molecule has 3 heteroatoms. The maximum atomic E-state index is 3.57. The van der Waals surface area contributed by atoms with Gasteiger partial charge in [-0.1, -0.05) is 6.92 Å². The Balaban J connectivity index is 1.52. The van der Waals surface area contributed by atoms with E-state index < -0.39 is 0 Å². The van der Waals surface area contributed by atoms with Crippen LogP contribution in [0.1, 0.15) is 31.7 Å². The lowest BCUT2D eigenvalue weighted by Gasteiger charge is -2.21. The van der Waals surface area contributed by atoms with Crippen LogP contribution in [0.5, 0.6) is 0 Å². The predicted octanol–water partition coefficient (Wildman–Crippen LogP) is 3.00. The minimum Gasteiger partial charge on any atom is -0.315 e. The molecule has 0 unspecified atom stereocenters. The van der Waals surface area contributed by atoms with Gasteiger partial charge in [0.15, 0.2) is 0 Å². The number of hydrogen-bond acceptors (Lipinski definition) is 3. The van der Waals surface area contributed by atoms with Crippen LogP contribution < -0.4 is 5.32 Å². The zero-order valence-corrected chi connectivity index (χ0v) is 12.3. The molecule has 0 saturated heterocycles. The third-order valence-electron chi connectivity index (χ3n) is 3.53. The van der Waals surface area contributed by atoms with Crippen molar-refractivity contribution in [2.24, 2.45) is 5.92 Å². The van der Waals surface area contributed by atoms with E-state index in [9.17, 15) is 0 Å². The van der Waals surface area contributed by atoms with Gasteiger partial charge in [-0.15, -0.1) is 0 Å². The molecule has 2 nitrogen and oxygen atoms in total. The molecule has 2 rings (SSSR count). The summed E-state index contributed by atoms with van der Waals surface area (Å²) in [6.45, 7) is 8.34. The maximum Gasteiger partial charge on any atom is 0.0107 e. The van der Waals surface area contributed by atoms with Crippen LogP contribution in [0.4, 0.5) is 0 Å². The molecule has 0 bridgehead atoms. The molecule has 0 radical (unpaired) electrons. The van der Waals surface area contributed by atoms with Crippen molar-refractivity contribution in [1.82, 2.24) is 10.2 Å². The van der Waals surface area contributed by atoms with E-state index in [1.807, 2.05) is 0 Å². The molecular weight excluding hydrogens is 240 g/mol. The van der Waals surface area contributed by atoms with E-state index in [0.717, 1.165) is 19.0 Å². The average Bonchev–Trinajstić information content (AvgIpc) is 3.03. The highest BCUT2D eigenvalue weighted by atomic mass is 32.1. The van der Waals surface area contributed by atoms with Crippen LogP contribution in [-0.4, -0.2) is 37.6 Å². The second kappa shape index (κ2) is 7.93. The van der Waals surface area contributed by atoms with Crippen LogP contribution in [0.3, 0.4) is 0 Å². The molecule has 1 heterocycles. The first kappa shape index (κ1) is 14.0. The molecule has 18 heavy (non-hydrogen) atoms. The second-order valence-electron chi connectivity index (χ2n) is 5.38. The van der Waals surface area contributed by atoms with Crippen LogP contribution in [0.2, 0.25) is 0 Å². The third-order valence-corrected chi connectivity index (χ3v) is 4.26. The molecule has 1 aliphatic rings. The predicted molar refractivity (Wildman–Crippen MR) is 80.3 cm³/mol. The lowest BCUT2D eigenvalue weighted by molar-refractivity contribution is 0.263. The fourth-order valence-corrected chi connectivity index (χ4v) is 3.01. The quantitative estimate of drug-likeness (QED) is 0.655. The summed E-state index contributed by atoms with van der Waals surface area (Å²) in [7, 11) is 0. The number of thiophene rings is 1. The summed E-state index contributed by atoms with van der Waals surface area (Å²) in [6.07, 6.45) is 5.37. The van der Waals surface area contributed by atoms with Crippen molar-refractivity contribution in [3.8, 4) is 0 Å². The molecule has 0 aliphatic heterocycles. The summed E-state index contributed by atoms with van der Waals surface area (Å²) >= 11 is 1.79. The number of nitrogens with zero attached hydrogens (tertiary/aromatic N) is 1. The van der Waals surface area contributed by atoms with Gasteiger partial charge in [-0.2, -0.15) is 11.3 Å². The van der Waals surface area contributed by atoms with Crippen molar-refractivity contribution in [1.29, 1.82) is 0 Å². The minimum absolute atomic E-state index is 1.02. The number of nitrogens with one attached hydrogen (secondary N) is 1. The first-order valence-electron chi connectivity index (χ1n) is 7.32. The van der Waals surface area contributed by atoms with Gasteiger partial charge in [-0.3, -0.25) is 0 Å². The zero-order chi connectivity index (χ0) is 12.6. The van der Waals surface area contributed by atoms with E-state index in [-0.39, 0.29) is 0 Å². The van der Waals surface area contributed by atoms with E-state index in [2.05, 4.69) is 34.0 Å². The van der Waals surface area contributed by atoms with Gasteiger partial charge in [-0.25, -0.2) is 0 Å². The van der Waals surface area contributed by atoms with Crippen molar-refractivity contribution in [2.45, 2.75) is 32.6 Å². The summed E-state index contributed by atoms with van der Waals surface area (Å²) in [6, 6.07) is 2.23. The van der Waals surface area contributed by atoms with Crippen molar-refractivity contribution < 1.29 is 0 Å². The molecular formula is C15H26N2S. The zero-order valence-electron chi connectivity index (χ0n) is 11.5. The van der Waals surface area contributed by atoms with Gasteiger partial charge in [0.2, 0.25) is 0 Å². The standard InChI is InChI=1S/C15H26N2S/c1-2-9-17(12-14-3-4-14)10-8-16-7-5-15-6-11-18-13-15/h6,11,13-14,16H,2-5,7-10,12H2,1H3. The van der Waals surface area contributed by atoms with Gasteiger partial charge >= 0.3 is 0 Å². The van der Waals surface area contributed by atoms with E-state index in [1.54, 1.807) is 11.3 Å². The van der Waals surface area contributed by atoms with Gasteiger partial charge in [0.25, 0.3) is 0 Å². The molecule has 102 valence electrons. The van der Waals surface area contributed by atoms with Crippen LogP contribution in [0.15, 0.2) is 16.8 Å². The topological polar surface area (TPSA) is 15.3 Å².